The van der Waals surface area contributed by atoms with Gasteiger partial charge in [0, 0.05) is 11.1 Å². The Morgan fingerprint density at radius 3 is 1.74 bits per heavy atom. The van der Waals surface area contributed by atoms with Gasteiger partial charge in [-0.25, -0.2) is 9.18 Å². The molecule has 53 heavy (non-hydrogen) atoms. The standard InChI is InChI=1S/C43H48F3O6P/c1-30(2)50-39(48)34-18-24-35(25-19-34)42(28-12-15-31-13-10-9-11-14-31,38(47)33-20-26-37(44)27-21-33)29-32-16-22-36(23-17-32)43(45,46)53(49,51-40(3,4)5)52-41(6,7)8/h9-27,30H,28-29H2,1-8H3. The molecule has 0 radical (unpaired) electrons. The first-order valence-corrected chi connectivity index (χ1v) is 19.0. The number of alkyl halides is 2. The topological polar surface area (TPSA) is 78.9 Å². The second-order valence-corrected chi connectivity index (χ2v) is 17.2. The number of rotatable bonds is 14. The molecule has 0 bridgehead atoms. The molecular formula is C43H48F3O6P. The van der Waals surface area contributed by atoms with Crippen LogP contribution >= 0.6 is 7.60 Å². The van der Waals surface area contributed by atoms with Crippen LogP contribution in [-0.2, 0) is 35.8 Å². The van der Waals surface area contributed by atoms with Gasteiger partial charge in [0.15, 0.2) is 5.78 Å². The largest absolute Gasteiger partial charge is 0.459 e. The number of hydrogen-bond acceptors (Lipinski definition) is 6. The molecule has 6 nitrogen and oxygen atoms in total. The first-order valence-electron chi connectivity index (χ1n) is 17.5. The molecule has 1 unspecified atom stereocenters. The molecule has 0 aromatic heterocycles. The minimum absolute atomic E-state index is 0.0264. The highest BCUT2D eigenvalue weighted by Crippen LogP contribution is 2.69. The number of hydrogen-bond donors (Lipinski definition) is 0. The Labute approximate surface area is 310 Å². The maximum atomic E-state index is 16.2. The van der Waals surface area contributed by atoms with E-state index in [1.165, 1.54) is 77.9 Å². The highest BCUT2D eigenvalue weighted by molar-refractivity contribution is 7.54. The van der Waals surface area contributed by atoms with Crippen LogP contribution in [0.3, 0.4) is 0 Å². The van der Waals surface area contributed by atoms with Crippen LogP contribution in [0.4, 0.5) is 13.2 Å². The normalized spacial score (nSPS) is 14.0. The minimum Gasteiger partial charge on any atom is -0.459 e. The summed E-state index contributed by atoms with van der Waals surface area (Å²) in [6, 6.07) is 26.5. The van der Waals surface area contributed by atoms with Crippen LogP contribution < -0.4 is 0 Å². The number of ketones is 1. The molecule has 4 rings (SSSR count). The summed E-state index contributed by atoms with van der Waals surface area (Å²) in [5.74, 6) is -1.38. The van der Waals surface area contributed by atoms with Gasteiger partial charge in [0.2, 0.25) is 0 Å². The lowest BCUT2D eigenvalue weighted by atomic mass is 9.68. The summed E-state index contributed by atoms with van der Waals surface area (Å²) in [6.07, 6.45) is 3.59. The van der Waals surface area contributed by atoms with E-state index in [2.05, 4.69) is 0 Å². The number of allylic oxidation sites excluding steroid dienone is 1. The Morgan fingerprint density at radius 2 is 1.23 bits per heavy atom. The zero-order valence-corrected chi connectivity index (χ0v) is 32.4. The molecule has 10 heteroatoms. The van der Waals surface area contributed by atoms with Crippen molar-refractivity contribution in [2.24, 2.45) is 0 Å². The molecule has 0 amide bonds. The number of halogens is 3. The van der Waals surface area contributed by atoms with E-state index in [-0.39, 0.29) is 35.9 Å². The first kappa shape index (κ1) is 41.5. The fourth-order valence-corrected chi connectivity index (χ4v) is 8.00. The molecule has 0 heterocycles. The quantitative estimate of drug-likeness (QED) is 0.0726. The predicted octanol–water partition coefficient (Wildman–Crippen LogP) is 11.7. The Kier molecular flexibility index (Phi) is 12.8. The molecule has 0 saturated carbocycles. The second-order valence-electron chi connectivity index (χ2n) is 15.3. The van der Waals surface area contributed by atoms with E-state index in [9.17, 15) is 18.5 Å². The maximum absolute atomic E-state index is 16.2. The smallest absolute Gasteiger partial charge is 0.405 e. The maximum Gasteiger partial charge on any atom is 0.405 e. The summed E-state index contributed by atoms with van der Waals surface area (Å²) in [7, 11) is -5.08. The SMILES string of the molecule is CC(C)OC(=O)c1ccc(C(CC=Cc2ccccc2)(Cc2ccc(C(F)(F)P(=O)(OC(C)(C)C)OC(C)(C)C)cc2)C(=O)c2ccc(F)cc2)cc1. The van der Waals surface area contributed by atoms with E-state index in [0.29, 0.717) is 11.1 Å². The van der Waals surface area contributed by atoms with Crippen molar-refractivity contribution in [1.82, 2.24) is 0 Å². The van der Waals surface area contributed by atoms with Crippen LogP contribution in [0.1, 0.15) is 105 Å². The number of carbonyl (C=O) groups excluding carboxylic acids is 2. The van der Waals surface area contributed by atoms with Gasteiger partial charge in [0.25, 0.3) is 0 Å². The molecule has 0 N–H and O–H groups in total. The molecule has 4 aromatic carbocycles. The highest BCUT2D eigenvalue weighted by Gasteiger charge is 2.58. The van der Waals surface area contributed by atoms with E-state index in [4.69, 9.17) is 13.8 Å². The predicted molar refractivity (Wildman–Crippen MR) is 203 cm³/mol. The molecule has 0 spiro atoms. The van der Waals surface area contributed by atoms with Crippen molar-refractivity contribution in [2.75, 3.05) is 0 Å². The Morgan fingerprint density at radius 1 is 0.717 bits per heavy atom. The number of esters is 1. The van der Waals surface area contributed by atoms with Crippen LogP contribution in [0.15, 0.2) is 109 Å². The summed E-state index contributed by atoms with van der Waals surface area (Å²) < 4.78 is 76.8. The summed E-state index contributed by atoms with van der Waals surface area (Å²) in [5, 5.41) is 0. The Balaban J connectivity index is 1.85. The monoisotopic (exact) mass is 748 g/mol. The van der Waals surface area contributed by atoms with Crippen molar-refractivity contribution in [1.29, 1.82) is 0 Å². The molecule has 4 aromatic rings. The van der Waals surface area contributed by atoms with Gasteiger partial charge in [-0.05, 0) is 121 Å². The zero-order valence-electron chi connectivity index (χ0n) is 31.5. The third-order valence-electron chi connectivity index (χ3n) is 8.07. The summed E-state index contributed by atoms with van der Waals surface area (Å²) in [5.41, 5.74) is -5.89. The molecule has 0 aliphatic rings. The van der Waals surface area contributed by atoms with Crippen molar-refractivity contribution in [3.63, 3.8) is 0 Å². The van der Waals surface area contributed by atoms with Gasteiger partial charge in [-0.3, -0.25) is 18.4 Å². The number of carbonyl (C=O) groups is 2. The summed E-state index contributed by atoms with van der Waals surface area (Å²) in [4.78, 5) is 27.5. The lowest BCUT2D eigenvalue weighted by Crippen LogP contribution is -2.38. The Bertz CT molecular complexity index is 1910. The fraction of sp³-hybridized carbons (Fsp3) is 0.349. The van der Waals surface area contributed by atoms with Crippen LogP contribution in [-0.4, -0.2) is 29.1 Å². The molecule has 282 valence electrons. The molecular weight excluding hydrogens is 700 g/mol. The lowest BCUT2D eigenvalue weighted by molar-refractivity contribution is -0.0213. The van der Waals surface area contributed by atoms with Gasteiger partial charge >= 0.3 is 19.2 Å². The van der Waals surface area contributed by atoms with Crippen molar-refractivity contribution >= 4 is 25.4 Å². The van der Waals surface area contributed by atoms with Gasteiger partial charge in [0.1, 0.15) is 5.82 Å². The third kappa shape index (κ3) is 10.7. The molecule has 0 saturated heterocycles. The minimum atomic E-state index is -5.08. The van der Waals surface area contributed by atoms with Crippen molar-refractivity contribution in [3.8, 4) is 0 Å². The van der Waals surface area contributed by atoms with Crippen LogP contribution in [0, 0.1) is 5.82 Å². The zero-order chi connectivity index (χ0) is 39.2. The van der Waals surface area contributed by atoms with Crippen LogP contribution in [0.5, 0.6) is 0 Å². The average Bonchev–Trinajstić information content (AvgIpc) is 3.06. The second kappa shape index (κ2) is 16.4. The average molecular weight is 749 g/mol. The van der Waals surface area contributed by atoms with Gasteiger partial charge in [-0.1, -0.05) is 78.9 Å². The highest BCUT2D eigenvalue weighted by atomic mass is 31.2. The molecule has 0 fully saturated rings. The van der Waals surface area contributed by atoms with Crippen molar-refractivity contribution in [3.05, 3.63) is 148 Å². The Hall–Kier alpha value is -4.30. The fourth-order valence-electron chi connectivity index (χ4n) is 5.83. The van der Waals surface area contributed by atoms with Gasteiger partial charge in [-0.2, -0.15) is 8.78 Å². The van der Waals surface area contributed by atoms with E-state index in [1.807, 2.05) is 42.5 Å². The van der Waals surface area contributed by atoms with Gasteiger partial charge in [0.05, 0.1) is 28.3 Å². The third-order valence-corrected chi connectivity index (χ3v) is 10.6. The molecule has 0 aliphatic heterocycles. The van der Waals surface area contributed by atoms with E-state index in [1.54, 1.807) is 38.1 Å². The van der Waals surface area contributed by atoms with E-state index >= 15 is 8.78 Å². The van der Waals surface area contributed by atoms with Crippen molar-refractivity contribution < 1.29 is 41.1 Å². The molecule has 1 atom stereocenters. The first-order chi connectivity index (χ1) is 24.6. The summed E-state index contributed by atoms with van der Waals surface area (Å²) >= 11 is 0. The molecule has 0 aliphatic carbocycles. The van der Waals surface area contributed by atoms with Gasteiger partial charge in [-0.15, -0.1) is 0 Å². The number of Topliss-reactive ketones (excluding diaryl/α,β-unsaturated/α-hetero) is 1. The number of ether oxygens (including phenoxy) is 1. The summed E-state index contributed by atoms with van der Waals surface area (Å²) in [6.45, 7) is 12.6. The van der Waals surface area contributed by atoms with Crippen molar-refractivity contribution in [2.45, 2.75) is 96.6 Å². The van der Waals surface area contributed by atoms with Crippen LogP contribution in [0.25, 0.3) is 6.08 Å². The van der Waals surface area contributed by atoms with E-state index in [0.717, 1.165) is 17.7 Å². The lowest BCUT2D eigenvalue weighted by Gasteiger charge is -2.36. The van der Waals surface area contributed by atoms with Crippen LogP contribution in [0.2, 0.25) is 0 Å². The number of benzene rings is 4. The van der Waals surface area contributed by atoms with E-state index < -0.39 is 47.2 Å². The van der Waals surface area contributed by atoms with Gasteiger partial charge < -0.3 is 4.74 Å².